The van der Waals surface area contributed by atoms with Gasteiger partial charge in [-0.15, -0.1) is 11.8 Å². The first kappa shape index (κ1) is 24.6. The van der Waals surface area contributed by atoms with Crippen molar-refractivity contribution in [2.75, 3.05) is 0 Å². The lowest BCUT2D eigenvalue weighted by Gasteiger charge is -2.19. The van der Waals surface area contributed by atoms with E-state index in [1.165, 1.54) is 36.5 Å². The number of benzene rings is 2. The summed E-state index contributed by atoms with van der Waals surface area (Å²) in [5.74, 6) is -0.330. The molecule has 0 unspecified atom stereocenters. The monoisotopic (exact) mass is 475 g/mol. The van der Waals surface area contributed by atoms with Gasteiger partial charge in [-0.05, 0) is 28.7 Å². The maximum absolute atomic E-state index is 13.6. The lowest BCUT2D eigenvalue weighted by molar-refractivity contribution is -0.141. The third-order valence-corrected chi connectivity index (χ3v) is 6.06. The molecule has 0 radical (unpaired) electrons. The van der Waals surface area contributed by atoms with Gasteiger partial charge in [0.15, 0.2) is 5.69 Å². The van der Waals surface area contributed by atoms with E-state index in [1.807, 2.05) is 24.3 Å². The Balaban J connectivity index is 1.81. The third kappa shape index (κ3) is 6.25. The SMILES string of the molecule is Cn1nc(C(F)(F)F)c(C=NOC(=O)c2ccccc2)c1SCc1ccc(C(C)(C)C)cc1. The molecule has 0 fully saturated rings. The number of rotatable bonds is 6. The van der Waals surface area contributed by atoms with E-state index in [0.29, 0.717) is 5.75 Å². The molecule has 33 heavy (non-hydrogen) atoms. The molecule has 0 amide bonds. The van der Waals surface area contributed by atoms with Crippen molar-refractivity contribution in [2.24, 2.45) is 12.2 Å². The number of carbonyl (C=O) groups excluding carboxylic acids is 1. The summed E-state index contributed by atoms with van der Waals surface area (Å²) in [6, 6.07) is 16.0. The molecule has 0 atom stereocenters. The minimum atomic E-state index is -4.68. The van der Waals surface area contributed by atoms with Crippen LogP contribution in [0.25, 0.3) is 0 Å². The average molecular weight is 476 g/mol. The van der Waals surface area contributed by atoms with Crippen molar-refractivity contribution in [3.63, 3.8) is 0 Å². The fourth-order valence-corrected chi connectivity index (χ4v) is 4.06. The topological polar surface area (TPSA) is 56.5 Å². The molecule has 0 spiro atoms. The Morgan fingerprint density at radius 1 is 1.09 bits per heavy atom. The van der Waals surface area contributed by atoms with Crippen LogP contribution in [0, 0.1) is 0 Å². The summed E-state index contributed by atoms with van der Waals surface area (Å²) >= 11 is 1.20. The Bertz CT molecular complexity index is 1130. The maximum Gasteiger partial charge on any atom is 0.435 e. The van der Waals surface area contributed by atoms with Crippen LogP contribution in [0.2, 0.25) is 0 Å². The highest BCUT2D eigenvalue weighted by molar-refractivity contribution is 7.98. The van der Waals surface area contributed by atoms with Gasteiger partial charge in [-0.25, -0.2) is 4.79 Å². The highest BCUT2D eigenvalue weighted by Gasteiger charge is 2.38. The average Bonchev–Trinajstić information content (AvgIpc) is 3.08. The summed E-state index contributed by atoms with van der Waals surface area (Å²) in [6.45, 7) is 6.34. The summed E-state index contributed by atoms with van der Waals surface area (Å²) < 4.78 is 41.8. The van der Waals surface area contributed by atoms with E-state index < -0.39 is 17.8 Å². The largest absolute Gasteiger partial charge is 0.435 e. The molecule has 1 heterocycles. The Hall–Kier alpha value is -3.07. The summed E-state index contributed by atoms with van der Waals surface area (Å²) in [5, 5.41) is 7.42. The molecule has 5 nitrogen and oxygen atoms in total. The molecule has 3 rings (SSSR count). The third-order valence-electron chi connectivity index (χ3n) is 4.82. The van der Waals surface area contributed by atoms with Crippen LogP contribution in [-0.2, 0) is 29.2 Å². The van der Waals surface area contributed by atoms with E-state index in [-0.39, 0.29) is 21.6 Å². The van der Waals surface area contributed by atoms with Crippen molar-refractivity contribution < 1.29 is 22.8 Å². The molecule has 0 N–H and O–H groups in total. The predicted molar refractivity (Wildman–Crippen MR) is 122 cm³/mol. The first-order chi connectivity index (χ1) is 15.5. The number of thioether (sulfide) groups is 1. The molecule has 9 heteroatoms. The molecule has 3 aromatic rings. The van der Waals surface area contributed by atoms with Gasteiger partial charge in [-0.3, -0.25) is 4.68 Å². The minimum Gasteiger partial charge on any atom is -0.313 e. The van der Waals surface area contributed by atoms with Gasteiger partial charge >= 0.3 is 12.1 Å². The number of nitrogens with zero attached hydrogens (tertiary/aromatic N) is 3. The van der Waals surface area contributed by atoms with Gasteiger partial charge in [0.2, 0.25) is 0 Å². The number of alkyl halides is 3. The van der Waals surface area contributed by atoms with Gasteiger partial charge in [0.05, 0.1) is 17.3 Å². The fraction of sp³-hybridized carbons (Fsp3) is 0.292. The van der Waals surface area contributed by atoms with E-state index in [4.69, 9.17) is 4.84 Å². The van der Waals surface area contributed by atoms with Crippen LogP contribution in [-0.4, -0.2) is 22.0 Å². The standard InChI is InChI=1S/C24H24F3N3O2S/c1-23(2,3)18-12-10-16(11-13-18)15-33-21-19(20(24(25,26)27)29-30(21)4)14-28-32-22(31)17-8-6-5-7-9-17/h5-14H,15H2,1-4H3. The zero-order valence-corrected chi connectivity index (χ0v) is 19.5. The Morgan fingerprint density at radius 3 is 2.30 bits per heavy atom. The normalized spacial score (nSPS) is 12.3. The first-order valence-electron chi connectivity index (χ1n) is 10.1. The number of aryl methyl sites for hydroxylation is 1. The smallest absolute Gasteiger partial charge is 0.313 e. The van der Waals surface area contributed by atoms with E-state index in [1.54, 1.807) is 18.2 Å². The van der Waals surface area contributed by atoms with E-state index >= 15 is 0 Å². The summed E-state index contributed by atoms with van der Waals surface area (Å²) in [7, 11) is 1.44. The van der Waals surface area contributed by atoms with Crippen LogP contribution in [0.15, 0.2) is 64.8 Å². The van der Waals surface area contributed by atoms with Crippen molar-refractivity contribution >= 4 is 23.9 Å². The van der Waals surface area contributed by atoms with Gasteiger partial charge in [0.1, 0.15) is 5.03 Å². The molecule has 0 aliphatic heterocycles. The fourth-order valence-electron chi connectivity index (χ4n) is 3.03. The van der Waals surface area contributed by atoms with Crippen LogP contribution in [0.5, 0.6) is 0 Å². The van der Waals surface area contributed by atoms with Gasteiger partial charge in [-0.2, -0.15) is 18.3 Å². The number of hydrogen-bond donors (Lipinski definition) is 0. The number of oxime groups is 1. The van der Waals surface area contributed by atoms with Crippen molar-refractivity contribution in [3.8, 4) is 0 Å². The Kier molecular flexibility index (Phi) is 7.31. The zero-order chi connectivity index (χ0) is 24.2. The quantitative estimate of drug-likeness (QED) is 0.184. The minimum absolute atomic E-state index is 0.0101. The molecule has 0 saturated heterocycles. The van der Waals surface area contributed by atoms with E-state index in [0.717, 1.165) is 16.5 Å². The van der Waals surface area contributed by atoms with Crippen LogP contribution in [0.3, 0.4) is 0 Å². The van der Waals surface area contributed by atoms with Gasteiger partial charge < -0.3 is 4.84 Å². The maximum atomic E-state index is 13.6. The zero-order valence-electron chi connectivity index (χ0n) is 18.7. The molecular weight excluding hydrogens is 451 g/mol. The summed E-state index contributed by atoms with van der Waals surface area (Å²) in [5.41, 5.74) is 1.05. The van der Waals surface area contributed by atoms with Crippen LogP contribution in [0.4, 0.5) is 13.2 Å². The van der Waals surface area contributed by atoms with Crippen LogP contribution >= 0.6 is 11.8 Å². The number of aromatic nitrogens is 2. The molecular formula is C24H24F3N3O2S. The van der Waals surface area contributed by atoms with Crippen molar-refractivity contribution in [3.05, 3.63) is 82.5 Å². The second-order valence-corrected chi connectivity index (χ2v) is 9.37. The molecule has 2 aromatic carbocycles. The number of halogens is 3. The van der Waals surface area contributed by atoms with E-state index in [9.17, 15) is 18.0 Å². The number of hydrogen-bond acceptors (Lipinski definition) is 5. The molecule has 0 aliphatic rings. The molecule has 174 valence electrons. The van der Waals surface area contributed by atoms with Crippen LogP contribution in [0.1, 0.15) is 53.5 Å². The van der Waals surface area contributed by atoms with Crippen molar-refractivity contribution in [1.82, 2.24) is 9.78 Å². The van der Waals surface area contributed by atoms with Crippen molar-refractivity contribution in [1.29, 1.82) is 0 Å². The molecule has 0 bridgehead atoms. The van der Waals surface area contributed by atoms with Gasteiger partial charge in [0.25, 0.3) is 0 Å². The lowest BCUT2D eigenvalue weighted by atomic mass is 9.87. The van der Waals surface area contributed by atoms with Gasteiger partial charge in [-0.1, -0.05) is 68.4 Å². The number of carbonyl (C=O) groups is 1. The Morgan fingerprint density at radius 2 is 1.73 bits per heavy atom. The first-order valence-corrected chi connectivity index (χ1v) is 11.1. The Labute approximate surface area is 194 Å². The molecule has 1 aromatic heterocycles. The van der Waals surface area contributed by atoms with E-state index in [2.05, 4.69) is 31.0 Å². The summed E-state index contributed by atoms with van der Waals surface area (Å²) in [6.07, 6.45) is -3.79. The molecule has 0 saturated carbocycles. The summed E-state index contributed by atoms with van der Waals surface area (Å²) in [4.78, 5) is 16.8. The second kappa shape index (κ2) is 9.82. The van der Waals surface area contributed by atoms with Gasteiger partial charge in [0, 0.05) is 12.8 Å². The molecule has 0 aliphatic carbocycles. The van der Waals surface area contributed by atoms with Crippen molar-refractivity contribution in [2.45, 2.75) is 43.1 Å². The lowest BCUT2D eigenvalue weighted by Crippen LogP contribution is -2.10. The highest BCUT2D eigenvalue weighted by atomic mass is 32.2. The second-order valence-electron chi connectivity index (χ2n) is 8.40. The van der Waals surface area contributed by atoms with Crippen LogP contribution < -0.4 is 0 Å². The highest BCUT2D eigenvalue weighted by Crippen LogP contribution is 2.36. The predicted octanol–water partition coefficient (Wildman–Crippen LogP) is 6.22.